The Morgan fingerprint density at radius 2 is 1.54 bits per heavy atom. The molecule has 0 spiro atoms. The van der Waals surface area contributed by atoms with Gasteiger partial charge in [-0.1, -0.05) is 45.0 Å². The third-order valence-corrected chi connectivity index (χ3v) is 4.81. The maximum Gasteiger partial charge on any atom is 0.255 e. The van der Waals surface area contributed by atoms with Crippen LogP contribution in [-0.4, -0.2) is 29.8 Å². The number of para-hydroxylation sites is 1. The summed E-state index contributed by atoms with van der Waals surface area (Å²) in [6.07, 6.45) is 2.08. The van der Waals surface area contributed by atoms with Gasteiger partial charge in [-0.3, -0.25) is 9.59 Å². The lowest BCUT2D eigenvalue weighted by atomic mass is 9.86. The molecule has 1 aliphatic heterocycles. The van der Waals surface area contributed by atoms with E-state index in [1.54, 1.807) is 12.1 Å². The lowest BCUT2D eigenvalue weighted by molar-refractivity contribution is 0.0794. The number of likely N-dealkylation sites (tertiary alicyclic amines) is 1. The summed E-state index contributed by atoms with van der Waals surface area (Å²) in [4.78, 5) is 27.2. The lowest BCUT2D eigenvalue weighted by Gasteiger charge is -2.19. The van der Waals surface area contributed by atoms with E-state index in [0.717, 1.165) is 25.9 Å². The fourth-order valence-electron chi connectivity index (χ4n) is 3.19. The van der Waals surface area contributed by atoms with Crippen LogP contribution in [0, 0.1) is 0 Å². The van der Waals surface area contributed by atoms with Gasteiger partial charge in [-0.25, -0.2) is 0 Å². The summed E-state index contributed by atoms with van der Waals surface area (Å²) in [7, 11) is 0. The van der Waals surface area contributed by atoms with Crippen molar-refractivity contribution in [3.63, 3.8) is 0 Å². The summed E-state index contributed by atoms with van der Waals surface area (Å²) in [6, 6.07) is 14.9. The highest BCUT2D eigenvalue weighted by Crippen LogP contribution is 2.24. The van der Waals surface area contributed by atoms with E-state index >= 15 is 0 Å². The number of hydrogen-bond donors (Lipinski definition) is 1. The molecule has 1 N–H and O–H groups in total. The Labute approximate surface area is 155 Å². The fraction of sp³-hybridized carbons (Fsp3) is 0.364. The summed E-state index contributed by atoms with van der Waals surface area (Å²) >= 11 is 0. The number of carbonyl (C=O) groups is 2. The molecule has 0 aliphatic carbocycles. The van der Waals surface area contributed by atoms with Crippen molar-refractivity contribution < 1.29 is 9.59 Å². The van der Waals surface area contributed by atoms with Crippen LogP contribution in [0.1, 0.15) is 59.9 Å². The molecule has 2 aromatic carbocycles. The van der Waals surface area contributed by atoms with Crippen molar-refractivity contribution in [2.24, 2.45) is 0 Å². The van der Waals surface area contributed by atoms with Gasteiger partial charge in [-0.05, 0) is 48.1 Å². The minimum atomic E-state index is -0.202. The van der Waals surface area contributed by atoms with Crippen molar-refractivity contribution >= 4 is 17.5 Å². The molecule has 3 rings (SSSR count). The molecule has 4 nitrogen and oxygen atoms in total. The molecule has 1 saturated heterocycles. The van der Waals surface area contributed by atoms with Gasteiger partial charge in [0.2, 0.25) is 0 Å². The number of rotatable bonds is 3. The molecular weight excluding hydrogens is 324 g/mol. The largest absolute Gasteiger partial charge is 0.339 e. The zero-order chi connectivity index (χ0) is 18.7. The van der Waals surface area contributed by atoms with E-state index in [1.165, 1.54) is 5.56 Å². The van der Waals surface area contributed by atoms with Gasteiger partial charge in [0.25, 0.3) is 11.8 Å². The molecule has 1 heterocycles. The number of carbonyl (C=O) groups excluding carboxylic acids is 2. The molecule has 0 unspecified atom stereocenters. The minimum Gasteiger partial charge on any atom is -0.339 e. The summed E-state index contributed by atoms with van der Waals surface area (Å²) in [5.74, 6) is -0.214. The summed E-state index contributed by atoms with van der Waals surface area (Å²) < 4.78 is 0. The average Bonchev–Trinajstić information content (AvgIpc) is 3.15. The van der Waals surface area contributed by atoms with Crippen LogP contribution in [0.2, 0.25) is 0 Å². The maximum atomic E-state index is 12.7. The monoisotopic (exact) mass is 350 g/mol. The second-order valence-electron chi connectivity index (χ2n) is 7.83. The van der Waals surface area contributed by atoms with Gasteiger partial charge in [-0.15, -0.1) is 0 Å². The van der Waals surface area contributed by atoms with Crippen molar-refractivity contribution in [3.8, 4) is 0 Å². The van der Waals surface area contributed by atoms with Crippen LogP contribution in [0.3, 0.4) is 0 Å². The van der Waals surface area contributed by atoms with E-state index in [-0.39, 0.29) is 17.2 Å². The van der Waals surface area contributed by atoms with E-state index in [2.05, 4.69) is 26.1 Å². The van der Waals surface area contributed by atoms with Gasteiger partial charge in [0.1, 0.15) is 0 Å². The predicted molar refractivity (Wildman–Crippen MR) is 105 cm³/mol. The Balaban J connectivity index is 1.78. The van der Waals surface area contributed by atoms with E-state index in [9.17, 15) is 9.59 Å². The molecule has 0 saturated carbocycles. The molecule has 0 aromatic heterocycles. The molecule has 1 fully saturated rings. The standard InChI is InChI=1S/C22H26N2O2/c1-22(2,3)17-12-10-16(11-13-17)20(25)23-19-9-5-4-8-18(19)21(26)24-14-6-7-15-24/h4-5,8-13H,6-7,14-15H2,1-3H3,(H,23,25). The van der Waals surface area contributed by atoms with Crippen molar-refractivity contribution in [1.82, 2.24) is 4.90 Å². The Morgan fingerprint density at radius 1 is 0.923 bits per heavy atom. The first-order valence-corrected chi connectivity index (χ1v) is 9.16. The highest BCUT2D eigenvalue weighted by molar-refractivity contribution is 6.09. The first-order valence-electron chi connectivity index (χ1n) is 9.16. The topological polar surface area (TPSA) is 49.4 Å². The van der Waals surface area contributed by atoms with Crippen LogP contribution in [0.15, 0.2) is 48.5 Å². The third kappa shape index (κ3) is 3.96. The summed E-state index contributed by atoms with van der Waals surface area (Å²) in [6.45, 7) is 8.00. The highest BCUT2D eigenvalue weighted by Gasteiger charge is 2.22. The molecule has 26 heavy (non-hydrogen) atoms. The quantitative estimate of drug-likeness (QED) is 0.888. The smallest absolute Gasteiger partial charge is 0.255 e. The van der Waals surface area contributed by atoms with Crippen molar-refractivity contribution in [2.75, 3.05) is 18.4 Å². The van der Waals surface area contributed by atoms with E-state index in [1.807, 2.05) is 41.3 Å². The second-order valence-corrected chi connectivity index (χ2v) is 7.83. The summed E-state index contributed by atoms with van der Waals surface area (Å²) in [5.41, 5.74) is 2.92. The van der Waals surface area contributed by atoms with Crippen LogP contribution in [0.4, 0.5) is 5.69 Å². The van der Waals surface area contributed by atoms with Crippen molar-refractivity contribution in [1.29, 1.82) is 0 Å². The predicted octanol–water partition coefficient (Wildman–Crippen LogP) is 4.47. The molecule has 2 amide bonds. The highest BCUT2D eigenvalue weighted by atomic mass is 16.2. The lowest BCUT2D eigenvalue weighted by Crippen LogP contribution is -2.28. The number of benzene rings is 2. The van der Waals surface area contributed by atoms with Crippen molar-refractivity contribution in [3.05, 3.63) is 65.2 Å². The van der Waals surface area contributed by atoms with E-state index < -0.39 is 0 Å². The molecule has 0 atom stereocenters. The third-order valence-electron chi connectivity index (χ3n) is 4.81. The van der Waals surface area contributed by atoms with Crippen LogP contribution in [0.5, 0.6) is 0 Å². The van der Waals surface area contributed by atoms with Crippen LogP contribution in [0.25, 0.3) is 0 Å². The molecule has 0 bridgehead atoms. The van der Waals surface area contributed by atoms with Gasteiger partial charge in [-0.2, -0.15) is 0 Å². The Kier molecular flexibility index (Phi) is 5.12. The molecule has 136 valence electrons. The van der Waals surface area contributed by atoms with E-state index in [4.69, 9.17) is 0 Å². The SMILES string of the molecule is CC(C)(C)c1ccc(C(=O)Nc2ccccc2C(=O)N2CCCC2)cc1. The Bertz CT molecular complexity index is 798. The van der Waals surface area contributed by atoms with Gasteiger partial charge in [0, 0.05) is 18.7 Å². The Hall–Kier alpha value is -2.62. The molecule has 0 radical (unpaired) electrons. The van der Waals surface area contributed by atoms with Crippen molar-refractivity contribution in [2.45, 2.75) is 39.0 Å². The Morgan fingerprint density at radius 3 is 2.15 bits per heavy atom. The number of amides is 2. The van der Waals surface area contributed by atoms with Crippen LogP contribution >= 0.6 is 0 Å². The second kappa shape index (κ2) is 7.32. The average molecular weight is 350 g/mol. The molecule has 1 aliphatic rings. The molecule has 2 aromatic rings. The van der Waals surface area contributed by atoms with Gasteiger partial charge < -0.3 is 10.2 Å². The fourth-order valence-corrected chi connectivity index (χ4v) is 3.19. The van der Waals surface area contributed by atoms with Gasteiger partial charge in [0.15, 0.2) is 0 Å². The number of hydrogen-bond acceptors (Lipinski definition) is 2. The van der Waals surface area contributed by atoms with E-state index in [0.29, 0.717) is 16.8 Å². The number of anilines is 1. The number of nitrogens with zero attached hydrogens (tertiary/aromatic N) is 1. The summed E-state index contributed by atoms with van der Waals surface area (Å²) in [5, 5.41) is 2.90. The molecule has 4 heteroatoms. The van der Waals surface area contributed by atoms with Gasteiger partial charge >= 0.3 is 0 Å². The first kappa shape index (κ1) is 18.2. The van der Waals surface area contributed by atoms with Crippen LogP contribution < -0.4 is 5.32 Å². The zero-order valence-electron chi connectivity index (χ0n) is 15.7. The minimum absolute atomic E-state index is 0.0125. The zero-order valence-corrected chi connectivity index (χ0v) is 15.7. The van der Waals surface area contributed by atoms with Gasteiger partial charge in [0.05, 0.1) is 11.3 Å². The molecular formula is C22H26N2O2. The first-order chi connectivity index (χ1) is 12.4. The maximum absolute atomic E-state index is 12.7. The van der Waals surface area contributed by atoms with Crippen LogP contribution in [-0.2, 0) is 5.41 Å². The number of nitrogens with one attached hydrogen (secondary N) is 1. The normalized spacial score (nSPS) is 14.3.